The van der Waals surface area contributed by atoms with E-state index in [-0.39, 0.29) is 17.7 Å². The van der Waals surface area contributed by atoms with Crippen LogP contribution >= 0.6 is 0 Å². The van der Waals surface area contributed by atoms with Gasteiger partial charge in [0.2, 0.25) is 5.91 Å². The standard InChI is InChI=1S/C19H34N2O2/c1-4-15-9-13-21(17(15)14(2)22)18(23)16(20)8-12-19(3)10-6-5-7-11-19/h15-17H,4-13,20H2,1-3H3/t15-,16-,17-/m1/s1. The van der Waals surface area contributed by atoms with Crippen molar-refractivity contribution in [3.8, 4) is 0 Å². The number of likely N-dealkylation sites (tertiary alicyclic amines) is 1. The highest BCUT2D eigenvalue weighted by molar-refractivity contribution is 5.90. The molecule has 1 aliphatic carbocycles. The van der Waals surface area contributed by atoms with E-state index in [1.807, 2.05) is 0 Å². The van der Waals surface area contributed by atoms with Crippen LogP contribution in [-0.2, 0) is 9.59 Å². The normalized spacial score (nSPS) is 28.6. The molecular formula is C19H34N2O2. The summed E-state index contributed by atoms with van der Waals surface area (Å²) in [4.78, 5) is 26.5. The Kier molecular flexibility index (Phi) is 6.24. The van der Waals surface area contributed by atoms with E-state index >= 15 is 0 Å². The summed E-state index contributed by atoms with van der Waals surface area (Å²) in [7, 11) is 0. The number of carbonyl (C=O) groups excluding carboxylic acids is 2. The summed E-state index contributed by atoms with van der Waals surface area (Å²) in [6.07, 6.45) is 10.1. The van der Waals surface area contributed by atoms with Gasteiger partial charge in [0, 0.05) is 6.54 Å². The molecule has 2 N–H and O–H groups in total. The minimum absolute atomic E-state index is 0.0134. The summed E-state index contributed by atoms with van der Waals surface area (Å²) >= 11 is 0. The fraction of sp³-hybridized carbons (Fsp3) is 0.895. The van der Waals surface area contributed by atoms with Crippen molar-refractivity contribution < 1.29 is 9.59 Å². The Balaban J connectivity index is 1.92. The molecular weight excluding hydrogens is 288 g/mol. The number of ketones is 1. The lowest BCUT2D eigenvalue weighted by Gasteiger charge is -2.35. The molecule has 1 aliphatic heterocycles. The van der Waals surface area contributed by atoms with Crippen LogP contribution in [0.3, 0.4) is 0 Å². The van der Waals surface area contributed by atoms with Gasteiger partial charge in [-0.1, -0.05) is 39.5 Å². The Morgan fingerprint density at radius 3 is 2.48 bits per heavy atom. The molecule has 23 heavy (non-hydrogen) atoms. The van der Waals surface area contributed by atoms with Gasteiger partial charge in [0.25, 0.3) is 0 Å². The Morgan fingerprint density at radius 2 is 1.91 bits per heavy atom. The van der Waals surface area contributed by atoms with Crippen LogP contribution in [0.1, 0.15) is 78.6 Å². The number of rotatable bonds is 6. The zero-order chi connectivity index (χ0) is 17.0. The SMILES string of the molecule is CC[C@@H]1CCN(C(=O)[C@H](N)CCC2(C)CCCCC2)[C@@H]1C(C)=O. The van der Waals surface area contributed by atoms with E-state index in [0.29, 0.717) is 17.9 Å². The molecule has 1 saturated heterocycles. The Hall–Kier alpha value is -0.900. The van der Waals surface area contributed by atoms with Crippen molar-refractivity contribution in [1.82, 2.24) is 4.90 Å². The number of nitrogens with zero attached hydrogens (tertiary/aromatic N) is 1. The Bertz CT molecular complexity index is 429. The smallest absolute Gasteiger partial charge is 0.240 e. The number of hydrogen-bond donors (Lipinski definition) is 1. The quantitative estimate of drug-likeness (QED) is 0.816. The van der Waals surface area contributed by atoms with Crippen molar-refractivity contribution in [2.75, 3.05) is 6.54 Å². The highest BCUT2D eigenvalue weighted by Gasteiger charge is 2.40. The molecule has 1 heterocycles. The summed E-state index contributed by atoms with van der Waals surface area (Å²) in [6, 6.07) is -0.699. The molecule has 1 amide bonds. The van der Waals surface area contributed by atoms with Crippen molar-refractivity contribution >= 4 is 11.7 Å². The molecule has 2 rings (SSSR count). The second-order valence-corrected chi connectivity index (χ2v) is 8.06. The van der Waals surface area contributed by atoms with Crippen LogP contribution in [-0.4, -0.2) is 35.2 Å². The van der Waals surface area contributed by atoms with E-state index in [1.165, 1.54) is 32.1 Å². The third-order valence-corrected chi connectivity index (χ3v) is 6.18. The number of amides is 1. The third-order valence-electron chi connectivity index (χ3n) is 6.18. The third kappa shape index (κ3) is 4.34. The average Bonchev–Trinajstić information content (AvgIpc) is 2.97. The van der Waals surface area contributed by atoms with Gasteiger partial charge in [-0.2, -0.15) is 0 Å². The molecule has 0 unspecified atom stereocenters. The van der Waals surface area contributed by atoms with E-state index in [1.54, 1.807) is 11.8 Å². The zero-order valence-corrected chi connectivity index (χ0v) is 15.1. The van der Waals surface area contributed by atoms with Gasteiger partial charge in [0.05, 0.1) is 12.1 Å². The summed E-state index contributed by atoms with van der Waals surface area (Å²) in [5.74, 6) is 0.397. The van der Waals surface area contributed by atoms with Crippen LogP contribution in [0.15, 0.2) is 0 Å². The predicted molar refractivity (Wildman–Crippen MR) is 93.0 cm³/mol. The fourth-order valence-electron chi connectivity index (χ4n) is 4.58. The lowest BCUT2D eigenvalue weighted by atomic mass is 9.72. The van der Waals surface area contributed by atoms with Crippen molar-refractivity contribution in [3.63, 3.8) is 0 Å². The van der Waals surface area contributed by atoms with Gasteiger partial charge in [-0.15, -0.1) is 0 Å². The fourth-order valence-corrected chi connectivity index (χ4v) is 4.58. The molecule has 4 nitrogen and oxygen atoms in total. The van der Waals surface area contributed by atoms with Crippen LogP contribution < -0.4 is 5.73 Å². The topological polar surface area (TPSA) is 63.4 Å². The second-order valence-electron chi connectivity index (χ2n) is 8.06. The molecule has 2 aliphatic rings. The molecule has 0 aromatic heterocycles. The van der Waals surface area contributed by atoms with E-state index in [9.17, 15) is 9.59 Å². The molecule has 3 atom stereocenters. The number of hydrogen-bond acceptors (Lipinski definition) is 3. The van der Waals surface area contributed by atoms with Crippen LogP contribution in [0.25, 0.3) is 0 Å². The van der Waals surface area contributed by atoms with Gasteiger partial charge in [-0.05, 0) is 50.4 Å². The highest BCUT2D eigenvalue weighted by atomic mass is 16.2. The van der Waals surface area contributed by atoms with Gasteiger partial charge >= 0.3 is 0 Å². The van der Waals surface area contributed by atoms with Crippen LogP contribution in [0, 0.1) is 11.3 Å². The zero-order valence-electron chi connectivity index (χ0n) is 15.1. The summed E-state index contributed by atoms with van der Waals surface area (Å²) in [6.45, 7) is 6.73. The molecule has 0 spiro atoms. The Labute approximate surface area is 141 Å². The first-order chi connectivity index (χ1) is 10.9. The van der Waals surface area contributed by atoms with E-state index in [4.69, 9.17) is 5.73 Å². The molecule has 0 aromatic rings. The largest absolute Gasteiger partial charge is 0.331 e. The summed E-state index contributed by atoms with van der Waals surface area (Å²) < 4.78 is 0. The minimum atomic E-state index is -0.453. The van der Waals surface area contributed by atoms with Crippen LogP contribution in [0.5, 0.6) is 0 Å². The molecule has 4 heteroatoms. The lowest BCUT2D eigenvalue weighted by Crippen LogP contribution is -2.49. The molecule has 0 aromatic carbocycles. The van der Waals surface area contributed by atoms with Gasteiger partial charge < -0.3 is 10.6 Å². The van der Waals surface area contributed by atoms with Crippen molar-refractivity contribution in [1.29, 1.82) is 0 Å². The first-order valence-corrected chi connectivity index (χ1v) is 9.44. The van der Waals surface area contributed by atoms with Gasteiger partial charge in [0.1, 0.15) is 0 Å². The van der Waals surface area contributed by atoms with E-state index in [2.05, 4.69) is 13.8 Å². The average molecular weight is 322 g/mol. The van der Waals surface area contributed by atoms with E-state index < -0.39 is 6.04 Å². The van der Waals surface area contributed by atoms with E-state index in [0.717, 1.165) is 25.7 Å². The van der Waals surface area contributed by atoms with Gasteiger partial charge in [-0.25, -0.2) is 0 Å². The number of nitrogens with two attached hydrogens (primary N) is 1. The van der Waals surface area contributed by atoms with Crippen molar-refractivity contribution in [2.45, 2.75) is 90.6 Å². The first-order valence-electron chi connectivity index (χ1n) is 9.44. The van der Waals surface area contributed by atoms with Crippen molar-refractivity contribution in [3.05, 3.63) is 0 Å². The maximum atomic E-state index is 12.7. The van der Waals surface area contributed by atoms with Crippen LogP contribution in [0.2, 0.25) is 0 Å². The number of carbonyl (C=O) groups is 2. The summed E-state index contributed by atoms with van der Waals surface area (Å²) in [5, 5.41) is 0. The maximum Gasteiger partial charge on any atom is 0.240 e. The molecule has 132 valence electrons. The molecule has 0 radical (unpaired) electrons. The first kappa shape index (κ1) is 18.4. The second kappa shape index (κ2) is 7.78. The Morgan fingerprint density at radius 1 is 1.26 bits per heavy atom. The maximum absolute atomic E-state index is 12.7. The minimum Gasteiger partial charge on any atom is -0.331 e. The lowest BCUT2D eigenvalue weighted by molar-refractivity contribution is -0.139. The van der Waals surface area contributed by atoms with Gasteiger partial charge in [0.15, 0.2) is 5.78 Å². The highest BCUT2D eigenvalue weighted by Crippen LogP contribution is 2.40. The number of Topliss-reactive ketones (excluding diaryl/α,β-unsaturated/α-hetero) is 1. The molecule has 2 fully saturated rings. The predicted octanol–water partition coefficient (Wildman–Crippen LogP) is 3.28. The van der Waals surface area contributed by atoms with Crippen LogP contribution in [0.4, 0.5) is 0 Å². The monoisotopic (exact) mass is 322 g/mol. The van der Waals surface area contributed by atoms with Gasteiger partial charge in [-0.3, -0.25) is 9.59 Å². The molecule has 0 bridgehead atoms. The molecule has 1 saturated carbocycles. The summed E-state index contributed by atoms with van der Waals surface area (Å²) in [5.41, 5.74) is 6.57. The van der Waals surface area contributed by atoms with Crippen molar-refractivity contribution in [2.24, 2.45) is 17.1 Å².